The molecule has 1 N–H and O–H groups in total. The number of carbonyl (C=O) groups excluding carboxylic acids is 3. The summed E-state index contributed by atoms with van der Waals surface area (Å²) < 4.78 is 10.1. The zero-order chi connectivity index (χ0) is 20.5. The number of nitrogens with one attached hydrogen (secondary N) is 1. The van der Waals surface area contributed by atoms with Crippen molar-refractivity contribution in [2.24, 2.45) is 0 Å². The van der Waals surface area contributed by atoms with Crippen molar-refractivity contribution in [3.63, 3.8) is 0 Å². The van der Waals surface area contributed by atoms with Gasteiger partial charge in [-0.3, -0.25) is 9.59 Å². The van der Waals surface area contributed by atoms with Gasteiger partial charge in [0.1, 0.15) is 5.75 Å². The van der Waals surface area contributed by atoms with E-state index in [1.807, 2.05) is 6.92 Å². The normalized spacial score (nSPS) is 10.1. The molecule has 0 unspecified atom stereocenters. The molecule has 0 radical (unpaired) electrons. The number of ether oxygens (including phenoxy) is 2. The fourth-order valence-electron chi connectivity index (χ4n) is 2.64. The topological polar surface area (TPSA) is 84.9 Å². The highest BCUT2D eigenvalue weighted by Gasteiger charge is 2.14. The molecule has 0 heterocycles. The molecule has 7 heteroatoms. The average molecular weight is 384 g/mol. The summed E-state index contributed by atoms with van der Waals surface area (Å²) >= 11 is 0. The molecule has 0 spiro atoms. The van der Waals surface area contributed by atoms with Gasteiger partial charge in [-0.05, 0) is 49.4 Å². The first-order chi connectivity index (χ1) is 13.4. The standard InChI is InChI=1S/C21H24N2O5/c1-4-28-19-10-8-18(9-11-19)23(15(2)24)13-12-20(25)22-17-7-5-6-16(14-17)21(26)27-3/h5-11,14H,4,12-13H2,1-3H3,(H,22,25). The Morgan fingerprint density at radius 1 is 1.07 bits per heavy atom. The molecule has 0 bridgehead atoms. The van der Waals surface area contributed by atoms with Crippen LogP contribution in [0.4, 0.5) is 11.4 Å². The minimum atomic E-state index is -0.477. The van der Waals surface area contributed by atoms with E-state index in [1.54, 1.807) is 48.5 Å². The van der Waals surface area contributed by atoms with Crippen LogP contribution in [0.1, 0.15) is 30.6 Å². The van der Waals surface area contributed by atoms with Gasteiger partial charge in [-0.25, -0.2) is 4.79 Å². The minimum Gasteiger partial charge on any atom is -0.494 e. The maximum absolute atomic E-state index is 12.3. The third-order valence-corrected chi connectivity index (χ3v) is 3.97. The smallest absolute Gasteiger partial charge is 0.337 e. The van der Waals surface area contributed by atoms with Crippen LogP contribution in [0.15, 0.2) is 48.5 Å². The van der Waals surface area contributed by atoms with E-state index >= 15 is 0 Å². The summed E-state index contributed by atoms with van der Waals surface area (Å²) in [5, 5.41) is 2.73. The number of benzene rings is 2. The van der Waals surface area contributed by atoms with Crippen LogP contribution in [0, 0.1) is 0 Å². The minimum absolute atomic E-state index is 0.106. The summed E-state index contributed by atoms with van der Waals surface area (Å²) in [6.45, 7) is 4.14. The summed E-state index contributed by atoms with van der Waals surface area (Å²) in [6.07, 6.45) is 0.106. The van der Waals surface area contributed by atoms with Crippen LogP contribution in [-0.4, -0.2) is 38.0 Å². The van der Waals surface area contributed by atoms with Crippen LogP contribution >= 0.6 is 0 Å². The molecule has 0 fully saturated rings. The van der Waals surface area contributed by atoms with Crippen LogP contribution in [-0.2, 0) is 14.3 Å². The third-order valence-electron chi connectivity index (χ3n) is 3.97. The van der Waals surface area contributed by atoms with Crippen LogP contribution in [0.2, 0.25) is 0 Å². The molecule has 0 saturated carbocycles. The number of methoxy groups -OCH3 is 1. The van der Waals surface area contributed by atoms with E-state index in [1.165, 1.54) is 18.9 Å². The molecule has 28 heavy (non-hydrogen) atoms. The number of hydrogen-bond donors (Lipinski definition) is 1. The van der Waals surface area contributed by atoms with E-state index in [0.717, 1.165) is 5.75 Å². The Bertz CT molecular complexity index is 833. The Balaban J connectivity index is 1.99. The quantitative estimate of drug-likeness (QED) is 0.706. The van der Waals surface area contributed by atoms with Crippen LogP contribution in [0.3, 0.4) is 0 Å². The van der Waals surface area contributed by atoms with Gasteiger partial charge in [-0.2, -0.15) is 0 Å². The lowest BCUT2D eigenvalue weighted by atomic mass is 10.2. The van der Waals surface area contributed by atoms with Gasteiger partial charge in [-0.15, -0.1) is 0 Å². The Hall–Kier alpha value is -3.35. The lowest BCUT2D eigenvalue weighted by Crippen LogP contribution is -2.31. The van der Waals surface area contributed by atoms with E-state index in [-0.39, 0.29) is 24.8 Å². The first-order valence-electron chi connectivity index (χ1n) is 8.93. The van der Waals surface area contributed by atoms with Gasteiger partial charge >= 0.3 is 5.97 Å². The van der Waals surface area contributed by atoms with Gasteiger partial charge in [-0.1, -0.05) is 6.07 Å². The number of rotatable bonds is 8. The molecule has 7 nitrogen and oxygen atoms in total. The maximum Gasteiger partial charge on any atom is 0.337 e. The van der Waals surface area contributed by atoms with Crippen molar-refractivity contribution >= 4 is 29.2 Å². The van der Waals surface area contributed by atoms with Gasteiger partial charge < -0.3 is 19.7 Å². The SMILES string of the molecule is CCOc1ccc(N(CCC(=O)Nc2cccc(C(=O)OC)c2)C(C)=O)cc1. The largest absolute Gasteiger partial charge is 0.494 e. The zero-order valence-corrected chi connectivity index (χ0v) is 16.2. The molecule has 0 aliphatic heterocycles. The predicted molar refractivity (Wildman–Crippen MR) is 107 cm³/mol. The van der Waals surface area contributed by atoms with E-state index in [9.17, 15) is 14.4 Å². The van der Waals surface area contributed by atoms with E-state index in [2.05, 4.69) is 10.1 Å². The van der Waals surface area contributed by atoms with Crippen molar-refractivity contribution in [2.45, 2.75) is 20.3 Å². The molecular weight excluding hydrogens is 360 g/mol. The summed E-state index contributed by atoms with van der Waals surface area (Å²) in [5.74, 6) is -0.184. The highest BCUT2D eigenvalue weighted by Crippen LogP contribution is 2.20. The van der Waals surface area contributed by atoms with Crippen molar-refractivity contribution < 1.29 is 23.9 Å². The molecule has 0 aromatic heterocycles. The summed E-state index contributed by atoms with van der Waals surface area (Å²) in [6, 6.07) is 13.6. The zero-order valence-electron chi connectivity index (χ0n) is 16.2. The summed E-state index contributed by atoms with van der Waals surface area (Å²) in [4.78, 5) is 37.4. The number of amides is 2. The Morgan fingerprint density at radius 2 is 1.79 bits per heavy atom. The van der Waals surface area contributed by atoms with Crippen LogP contribution in [0.25, 0.3) is 0 Å². The lowest BCUT2D eigenvalue weighted by Gasteiger charge is -2.21. The molecule has 2 rings (SSSR count). The fourth-order valence-corrected chi connectivity index (χ4v) is 2.64. The molecular formula is C21H24N2O5. The van der Waals surface area contributed by atoms with Crippen molar-refractivity contribution in [2.75, 3.05) is 30.5 Å². The molecule has 2 aromatic rings. The fraction of sp³-hybridized carbons (Fsp3) is 0.286. The summed E-state index contributed by atoms with van der Waals surface area (Å²) in [5.41, 5.74) is 1.53. The molecule has 0 aliphatic rings. The molecule has 2 amide bonds. The number of anilines is 2. The van der Waals surface area contributed by atoms with Crippen molar-refractivity contribution in [1.82, 2.24) is 0 Å². The lowest BCUT2D eigenvalue weighted by molar-refractivity contribution is -0.117. The molecule has 148 valence electrons. The highest BCUT2D eigenvalue weighted by atomic mass is 16.5. The Morgan fingerprint density at radius 3 is 2.39 bits per heavy atom. The second-order valence-electron chi connectivity index (χ2n) is 5.97. The predicted octanol–water partition coefficient (Wildman–Crippen LogP) is 3.25. The summed E-state index contributed by atoms with van der Waals surface area (Å²) in [7, 11) is 1.30. The Labute approximate surface area is 164 Å². The number of nitrogens with zero attached hydrogens (tertiary/aromatic N) is 1. The van der Waals surface area contributed by atoms with Crippen molar-refractivity contribution in [3.8, 4) is 5.75 Å². The van der Waals surface area contributed by atoms with Gasteiger partial charge in [0.2, 0.25) is 11.8 Å². The second-order valence-corrected chi connectivity index (χ2v) is 5.97. The van der Waals surface area contributed by atoms with E-state index in [0.29, 0.717) is 23.5 Å². The first-order valence-corrected chi connectivity index (χ1v) is 8.93. The van der Waals surface area contributed by atoms with E-state index < -0.39 is 5.97 Å². The molecule has 0 aliphatic carbocycles. The number of esters is 1. The van der Waals surface area contributed by atoms with Gasteiger partial charge in [0, 0.05) is 31.3 Å². The van der Waals surface area contributed by atoms with Crippen LogP contribution < -0.4 is 15.0 Å². The third kappa shape index (κ3) is 5.84. The van der Waals surface area contributed by atoms with Gasteiger partial charge in [0.15, 0.2) is 0 Å². The molecule has 0 saturated heterocycles. The first kappa shape index (κ1) is 21.0. The number of carbonyl (C=O) groups is 3. The van der Waals surface area contributed by atoms with Crippen LogP contribution in [0.5, 0.6) is 5.75 Å². The van der Waals surface area contributed by atoms with Crippen molar-refractivity contribution in [3.05, 3.63) is 54.1 Å². The van der Waals surface area contributed by atoms with Gasteiger partial charge in [0.25, 0.3) is 0 Å². The molecule has 0 atom stereocenters. The maximum atomic E-state index is 12.3. The highest BCUT2D eigenvalue weighted by molar-refractivity contribution is 5.96. The average Bonchev–Trinajstić information content (AvgIpc) is 2.69. The monoisotopic (exact) mass is 384 g/mol. The van der Waals surface area contributed by atoms with Crippen molar-refractivity contribution in [1.29, 1.82) is 0 Å². The Kier molecular flexibility index (Phi) is 7.56. The second kappa shape index (κ2) is 10.1. The molecule has 2 aromatic carbocycles. The van der Waals surface area contributed by atoms with E-state index in [4.69, 9.17) is 4.74 Å². The number of hydrogen-bond acceptors (Lipinski definition) is 5. The van der Waals surface area contributed by atoms with Gasteiger partial charge in [0.05, 0.1) is 19.3 Å².